The van der Waals surface area contributed by atoms with Gasteiger partial charge in [-0.3, -0.25) is 10.4 Å². The van der Waals surface area contributed by atoms with Crippen LogP contribution in [0.3, 0.4) is 0 Å². The Bertz CT molecular complexity index is 1120. The van der Waals surface area contributed by atoms with Crippen LogP contribution in [0.4, 0.5) is 16.3 Å². The van der Waals surface area contributed by atoms with Gasteiger partial charge in [-0.2, -0.15) is 5.10 Å². The molecule has 0 bridgehead atoms. The third-order valence-corrected chi connectivity index (χ3v) is 4.73. The predicted molar refractivity (Wildman–Crippen MR) is 114 cm³/mol. The number of benzene rings is 3. The molecule has 0 saturated heterocycles. The normalized spacial score (nSPS) is 10.8. The van der Waals surface area contributed by atoms with E-state index in [-0.39, 0.29) is 6.03 Å². The van der Waals surface area contributed by atoms with Crippen LogP contribution in [0.1, 0.15) is 5.56 Å². The van der Waals surface area contributed by atoms with Crippen molar-refractivity contribution in [2.24, 2.45) is 5.73 Å². The summed E-state index contributed by atoms with van der Waals surface area (Å²) in [5.74, 6) is 0.430. The lowest BCUT2D eigenvalue weighted by atomic mass is 10.0. The predicted octanol–water partition coefficient (Wildman–Crippen LogP) is 4.99. The maximum Gasteiger partial charge on any atom is 0.324 e. The molecule has 0 fully saturated rings. The molecule has 0 saturated carbocycles. The fraction of sp³-hybridized carbons (Fsp3) is 0.0476. The van der Waals surface area contributed by atoms with E-state index in [9.17, 15) is 4.79 Å². The molecular formula is C21H18ClN5O. The Labute approximate surface area is 166 Å². The number of carbonyl (C=O) groups is 1. The largest absolute Gasteiger partial charge is 0.326 e. The molecule has 0 spiro atoms. The molecule has 1 heterocycles. The SMILES string of the molecule is NCc1ccc(NC(=O)Nc2n[nH]c3cc(Cl)c(-c4ccccc4)cc23)cc1. The molecule has 1 aromatic heterocycles. The average molecular weight is 392 g/mol. The van der Waals surface area contributed by atoms with E-state index in [2.05, 4.69) is 20.8 Å². The van der Waals surface area contributed by atoms with E-state index in [0.29, 0.717) is 23.1 Å². The Hall–Kier alpha value is -3.35. The maximum atomic E-state index is 12.4. The Kier molecular flexibility index (Phi) is 4.97. The van der Waals surface area contributed by atoms with Gasteiger partial charge < -0.3 is 11.1 Å². The van der Waals surface area contributed by atoms with Crippen LogP contribution < -0.4 is 16.4 Å². The van der Waals surface area contributed by atoms with Crippen LogP contribution in [0.15, 0.2) is 66.7 Å². The lowest BCUT2D eigenvalue weighted by Gasteiger charge is -2.08. The molecule has 0 aliphatic heterocycles. The first-order valence-electron chi connectivity index (χ1n) is 8.74. The molecule has 4 aromatic rings. The van der Waals surface area contributed by atoms with E-state index in [4.69, 9.17) is 17.3 Å². The van der Waals surface area contributed by atoms with Crippen molar-refractivity contribution in [1.82, 2.24) is 10.2 Å². The number of amides is 2. The average Bonchev–Trinajstić information content (AvgIpc) is 3.10. The zero-order chi connectivity index (χ0) is 19.5. The van der Waals surface area contributed by atoms with Crippen LogP contribution in [0.25, 0.3) is 22.0 Å². The number of urea groups is 1. The summed E-state index contributed by atoms with van der Waals surface area (Å²) in [4.78, 5) is 12.4. The van der Waals surface area contributed by atoms with Crippen molar-refractivity contribution in [3.05, 3.63) is 77.3 Å². The molecule has 0 unspecified atom stereocenters. The first-order chi connectivity index (χ1) is 13.6. The molecule has 3 aromatic carbocycles. The van der Waals surface area contributed by atoms with Gasteiger partial charge in [-0.25, -0.2) is 4.79 Å². The minimum atomic E-state index is -0.384. The second kappa shape index (κ2) is 7.72. The fourth-order valence-electron chi connectivity index (χ4n) is 2.97. The summed E-state index contributed by atoms with van der Waals surface area (Å²) < 4.78 is 0. The van der Waals surface area contributed by atoms with Gasteiger partial charge in [0.1, 0.15) is 0 Å². The summed E-state index contributed by atoms with van der Waals surface area (Å²) in [6, 6.07) is 20.5. The minimum Gasteiger partial charge on any atom is -0.326 e. The van der Waals surface area contributed by atoms with Crippen molar-refractivity contribution in [2.45, 2.75) is 6.54 Å². The van der Waals surface area contributed by atoms with Gasteiger partial charge in [0.25, 0.3) is 0 Å². The van der Waals surface area contributed by atoms with Gasteiger partial charge in [0.2, 0.25) is 0 Å². The van der Waals surface area contributed by atoms with Gasteiger partial charge in [-0.05, 0) is 35.4 Å². The molecule has 4 rings (SSSR count). The maximum absolute atomic E-state index is 12.4. The Morgan fingerprint density at radius 3 is 2.50 bits per heavy atom. The van der Waals surface area contributed by atoms with Gasteiger partial charge in [0.05, 0.1) is 10.5 Å². The highest BCUT2D eigenvalue weighted by atomic mass is 35.5. The highest BCUT2D eigenvalue weighted by Crippen LogP contribution is 2.34. The van der Waals surface area contributed by atoms with Gasteiger partial charge in [-0.1, -0.05) is 54.1 Å². The standard InChI is InChI=1S/C21H18ClN5O/c22-18-11-19-17(10-16(18)14-4-2-1-3-5-14)20(27-26-19)25-21(28)24-15-8-6-13(12-23)7-9-15/h1-11H,12,23H2,(H3,24,25,26,27,28). The molecule has 2 amide bonds. The van der Waals surface area contributed by atoms with Gasteiger partial charge in [-0.15, -0.1) is 0 Å². The highest BCUT2D eigenvalue weighted by molar-refractivity contribution is 6.34. The summed E-state index contributed by atoms with van der Waals surface area (Å²) in [6.45, 7) is 0.456. The van der Waals surface area contributed by atoms with Crippen molar-refractivity contribution < 1.29 is 4.79 Å². The number of carbonyl (C=O) groups excluding carboxylic acids is 1. The smallest absolute Gasteiger partial charge is 0.324 e. The van der Waals surface area contributed by atoms with Crippen molar-refractivity contribution >= 4 is 40.0 Å². The number of nitrogens with one attached hydrogen (secondary N) is 3. The molecule has 0 aliphatic carbocycles. The summed E-state index contributed by atoms with van der Waals surface area (Å²) in [6.07, 6.45) is 0. The number of nitrogens with zero attached hydrogens (tertiary/aromatic N) is 1. The van der Waals surface area contributed by atoms with Crippen LogP contribution >= 0.6 is 11.6 Å². The van der Waals surface area contributed by atoms with Crippen LogP contribution in [0.5, 0.6) is 0 Å². The first kappa shape index (κ1) is 18.0. The number of hydrogen-bond donors (Lipinski definition) is 4. The number of nitrogens with two attached hydrogens (primary N) is 1. The van der Waals surface area contributed by atoms with E-state index in [1.165, 1.54) is 0 Å². The topological polar surface area (TPSA) is 95.8 Å². The Morgan fingerprint density at radius 2 is 1.79 bits per heavy atom. The fourth-order valence-corrected chi connectivity index (χ4v) is 3.24. The van der Waals surface area contributed by atoms with Crippen LogP contribution in [0, 0.1) is 0 Å². The van der Waals surface area contributed by atoms with Crippen molar-refractivity contribution in [3.63, 3.8) is 0 Å². The zero-order valence-corrected chi connectivity index (χ0v) is 15.6. The lowest BCUT2D eigenvalue weighted by molar-refractivity contribution is 0.262. The third kappa shape index (κ3) is 3.69. The van der Waals surface area contributed by atoms with Gasteiger partial charge in [0.15, 0.2) is 5.82 Å². The van der Waals surface area contributed by atoms with Crippen molar-refractivity contribution in [2.75, 3.05) is 10.6 Å². The summed E-state index contributed by atoms with van der Waals surface area (Å²) in [7, 11) is 0. The second-order valence-corrected chi connectivity index (χ2v) is 6.70. The van der Waals surface area contributed by atoms with Gasteiger partial charge in [0, 0.05) is 23.2 Å². The number of H-pyrrole nitrogens is 1. The van der Waals surface area contributed by atoms with E-state index >= 15 is 0 Å². The van der Waals surface area contributed by atoms with Crippen molar-refractivity contribution in [1.29, 1.82) is 0 Å². The van der Waals surface area contributed by atoms with Crippen LogP contribution in [0.2, 0.25) is 5.02 Å². The molecule has 28 heavy (non-hydrogen) atoms. The number of fused-ring (bicyclic) bond motifs is 1. The van der Waals surface area contributed by atoms with Crippen molar-refractivity contribution in [3.8, 4) is 11.1 Å². The van der Waals surface area contributed by atoms with E-state index in [1.807, 2.05) is 48.5 Å². The number of rotatable bonds is 4. The minimum absolute atomic E-state index is 0.384. The van der Waals surface area contributed by atoms with Crippen LogP contribution in [-0.2, 0) is 6.54 Å². The quantitative estimate of drug-likeness (QED) is 0.394. The molecule has 7 heteroatoms. The number of anilines is 2. The summed E-state index contributed by atoms with van der Waals surface area (Å²) in [5.41, 5.74) is 9.86. The summed E-state index contributed by atoms with van der Waals surface area (Å²) >= 11 is 6.43. The van der Waals surface area contributed by atoms with Crippen LogP contribution in [-0.4, -0.2) is 16.2 Å². The molecule has 140 valence electrons. The number of aromatic amines is 1. The molecule has 0 aliphatic rings. The third-order valence-electron chi connectivity index (χ3n) is 4.41. The lowest BCUT2D eigenvalue weighted by Crippen LogP contribution is -2.19. The van der Waals surface area contributed by atoms with E-state index in [1.54, 1.807) is 18.2 Å². The molecular weight excluding hydrogens is 374 g/mol. The Morgan fingerprint density at radius 1 is 1.04 bits per heavy atom. The number of aromatic nitrogens is 2. The summed E-state index contributed by atoms with van der Waals surface area (Å²) in [5, 5.41) is 14.1. The number of hydrogen-bond acceptors (Lipinski definition) is 3. The monoisotopic (exact) mass is 391 g/mol. The highest BCUT2D eigenvalue weighted by Gasteiger charge is 2.13. The van der Waals surface area contributed by atoms with Gasteiger partial charge >= 0.3 is 6.03 Å². The Balaban J connectivity index is 1.59. The second-order valence-electron chi connectivity index (χ2n) is 6.30. The number of halogens is 1. The molecule has 5 N–H and O–H groups in total. The van der Waals surface area contributed by atoms with E-state index < -0.39 is 0 Å². The zero-order valence-electron chi connectivity index (χ0n) is 14.9. The molecule has 0 atom stereocenters. The first-order valence-corrected chi connectivity index (χ1v) is 9.12. The molecule has 0 radical (unpaired) electrons. The molecule has 6 nitrogen and oxygen atoms in total. The van der Waals surface area contributed by atoms with E-state index in [0.717, 1.165) is 27.6 Å².